The van der Waals surface area contributed by atoms with Gasteiger partial charge in [0.1, 0.15) is 11.9 Å². The molecule has 0 saturated carbocycles. The van der Waals surface area contributed by atoms with E-state index < -0.39 is 6.04 Å². The third kappa shape index (κ3) is 10.6. The van der Waals surface area contributed by atoms with Gasteiger partial charge in [0.05, 0.1) is 23.4 Å². The van der Waals surface area contributed by atoms with Crippen molar-refractivity contribution in [3.8, 4) is 17.9 Å². The number of hydrogen-bond donors (Lipinski definition) is 3. The standard InChI is InChI=1S/C32H35FN8O2/c1-23(41(4)29(42)10-8-20-40(2)3)31(43)35-19-7-5-6-9-25-22-36-32(38-28-15-11-24(21-34)12-16-28)39-30(25)37-27-17-13-26(33)14-18-27/h8,10-18,22-23H,5,7,19-20H2,1-4H3,(H,35,43)(H2,36,37,38,39). The minimum absolute atomic E-state index is 0.235. The molecular weight excluding hydrogens is 547 g/mol. The lowest BCUT2D eigenvalue weighted by molar-refractivity contribution is -0.135. The van der Waals surface area contributed by atoms with E-state index in [4.69, 9.17) is 5.26 Å². The van der Waals surface area contributed by atoms with Gasteiger partial charge in [-0.15, -0.1) is 0 Å². The Morgan fingerprint density at radius 1 is 1.05 bits per heavy atom. The van der Waals surface area contributed by atoms with Gasteiger partial charge in [-0.05, 0) is 76.0 Å². The number of amides is 2. The Morgan fingerprint density at radius 3 is 2.40 bits per heavy atom. The minimum atomic E-state index is -0.615. The maximum absolute atomic E-state index is 13.4. The minimum Gasteiger partial charge on any atom is -0.354 e. The summed E-state index contributed by atoms with van der Waals surface area (Å²) in [6.07, 6.45) is 5.91. The van der Waals surface area contributed by atoms with Crippen LogP contribution in [0.1, 0.15) is 30.9 Å². The van der Waals surface area contributed by atoms with Crippen LogP contribution in [0.5, 0.6) is 0 Å². The molecule has 0 aliphatic rings. The van der Waals surface area contributed by atoms with Crippen molar-refractivity contribution >= 4 is 35.0 Å². The maximum Gasteiger partial charge on any atom is 0.246 e. The number of halogens is 1. The number of carbonyl (C=O) groups is 2. The molecule has 1 aromatic heterocycles. The Labute approximate surface area is 251 Å². The number of anilines is 4. The van der Waals surface area contributed by atoms with E-state index in [1.807, 2.05) is 19.0 Å². The van der Waals surface area contributed by atoms with Gasteiger partial charge in [0.2, 0.25) is 17.8 Å². The number of benzene rings is 2. The van der Waals surface area contributed by atoms with Crippen LogP contribution in [-0.2, 0) is 9.59 Å². The van der Waals surface area contributed by atoms with Gasteiger partial charge in [0.15, 0.2) is 5.82 Å². The number of hydrogen-bond acceptors (Lipinski definition) is 8. The molecule has 3 rings (SSSR count). The van der Waals surface area contributed by atoms with Crippen molar-refractivity contribution in [1.29, 1.82) is 5.26 Å². The summed E-state index contributed by atoms with van der Waals surface area (Å²) >= 11 is 0. The van der Waals surface area contributed by atoms with E-state index in [2.05, 4.69) is 43.8 Å². The maximum atomic E-state index is 13.4. The Bertz CT molecular complexity index is 1520. The van der Waals surface area contributed by atoms with Crippen LogP contribution in [0.15, 0.2) is 66.9 Å². The summed E-state index contributed by atoms with van der Waals surface area (Å²) < 4.78 is 13.4. The largest absolute Gasteiger partial charge is 0.354 e. The fourth-order valence-corrected chi connectivity index (χ4v) is 3.60. The lowest BCUT2D eigenvalue weighted by atomic mass is 10.2. The highest BCUT2D eigenvalue weighted by Gasteiger charge is 2.20. The number of rotatable bonds is 12. The molecule has 3 N–H and O–H groups in total. The van der Waals surface area contributed by atoms with E-state index in [0.29, 0.717) is 60.2 Å². The van der Waals surface area contributed by atoms with Crippen LogP contribution in [0.25, 0.3) is 0 Å². The van der Waals surface area contributed by atoms with Crippen molar-refractivity contribution in [3.05, 3.63) is 83.8 Å². The molecule has 43 heavy (non-hydrogen) atoms. The first-order chi connectivity index (χ1) is 20.7. The number of nitrogens with zero attached hydrogens (tertiary/aromatic N) is 5. The summed E-state index contributed by atoms with van der Waals surface area (Å²) in [6.45, 7) is 2.72. The van der Waals surface area contributed by atoms with Gasteiger partial charge in [0, 0.05) is 44.0 Å². The summed E-state index contributed by atoms with van der Waals surface area (Å²) in [5.41, 5.74) is 2.41. The zero-order valence-electron chi connectivity index (χ0n) is 24.7. The van der Waals surface area contributed by atoms with E-state index in [-0.39, 0.29) is 17.6 Å². The van der Waals surface area contributed by atoms with Gasteiger partial charge in [-0.1, -0.05) is 17.9 Å². The van der Waals surface area contributed by atoms with Gasteiger partial charge < -0.3 is 25.8 Å². The van der Waals surface area contributed by atoms with Gasteiger partial charge in [0.25, 0.3) is 0 Å². The van der Waals surface area contributed by atoms with Crippen LogP contribution >= 0.6 is 0 Å². The van der Waals surface area contributed by atoms with Gasteiger partial charge in [-0.25, -0.2) is 9.37 Å². The van der Waals surface area contributed by atoms with E-state index in [1.165, 1.54) is 23.1 Å². The SMILES string of the molecule is CC(C(=O)NCCCC#Cc1cnc(Nc2ccc(C#N)cc2)nc1Nc1ccc(F)cc1)N(C)C(=O)C=CCN(C)C. The third-order valence-electron chi connectivity index (χ3n) is 6.21. The molecule has 3 aromatic rings. The fraction of sp³-hybridized carbons (Fsp3) is 0.281. The van der Waals surface area contributed by atoms with Crippen LogP contribution in [0.4, 0.5) is 27.5 Å². The molecule has 0 aliphatic carbocycles. The molecule has 2 amide bonds. The first kappa shape index (κ1) is 32.3. The fourth-order valence-electron chi connectivity index (χ4n) is 3.60. The summed E-state index contributed by atoms with van der Waals surface area (Å²) in [7, 11) is 5.41. The highest BCUT2D eigenvalue weighted by molar-refractivity contribution is 5.92. The summed E-state index contributed by atoms with van der Waals surface area (Å²) in [4.78, 5) is 37.1. The third-order valence-corrected chi connectivity index (χ3v) is 6.21. The molecule has 0 saturated heterocycles. The van der Waals surface area contributed by atoms with Crippen LogP contribution in [0.2, 0.25) is 0 Å². The van der Waals surface area contributed by atoms with Crippen molar-refractivity contribution in [3.63, 3.8) is 0 Å². The molecule has 0 radical (unpaired) electrons. The van der Waals surface area contributed by atoms with Crippen molar-refractivity contribution in [2.24, 2.45) is 0 Å². The second-order valence-electron chi connectivity index (χ2n) is 9.89. The molecule has 10 nitrogen and oxygen atoms in total. The number of aromatic nitrogens is 2. The predicted octanol–water partition coefficient (Wildman–Crippen LogP) is 4.19. The first-order valence-corrected chi connectivity index (χ1v) is 13.7. The number of nitriles is 1. The zero-order valence-corrected chi connectivity index (χ0v) is 24.7. The molecule has 0 bridgehead atoms. The molecule has 222 valence electrons. The molecule has 11 heteroatoms. The predicted molar refractivity (Wildman–Crippen MR) is 165 cm³/mol. The average molecular weight is 583 g/mol. The number of carbonyl (C=O) groups excluding carboxylic acids is 2. The lowest BCUT2D eigenvalue weighted by Crippen LogP contribution is -2.45. The molecule has 0 fully saturated rings. The average Bonchev–Trinajstić information content (AvgIpc) is 3.00. The zero-order chi connectivity index (χ0) is 31.2. The number of nitrogens with one attached hydrogen (secondary N) is 3. The Kier molecular flexibility index (Phi) is 12.2. The summed E-state index contributed by atoms with van der Waals surface area (Å²) in [5, 5.41) is 18.1. The van der Waals surface area contributed by atoms with E-state index in [0.717, 1.165) is 0 Å². The molecule has 1 heterocycles. The topological polar surface area (TPSA) is 126 Å². The highest BCUT2D eigenvalue weighted by Crippen LogP contribution is 2.21. The molecule has 0 spiro atoms. The molecule has 0 aliphatic heterocycles. The van der Waals surface area contributed by atoms with E-state index in [9.17, 15) is 14.0 Å². The van der Waals surface area contributed by atoms with Crippen molar-refractivity contribution in [1.82, 2.24) is 25.1 Å². The lowest BCUT2D eigenvalue weighted by Gasteiger charge is -2.23. The van der Waals surface area contributed by atoms with Crippen LogP contribution < -0.4 is 16.0 Å². The van der Waals surface area contributed by atoms with Crippen molar-refractivity contribution in [2.75, 3.05) is 44.9 Å². The van der Waals surface area contributed by atoms with Gasteiger partial charge >= 0.3 is 0 Å². The van der Waals surface area contributed by atoms with Crippen LogP contribution in [0.3, 0.4) is 0 Å². The monoisotopic (exact) mass is 582 g/mol. The second-order valence-corrected chi connectivity index (χ2v) is 9.89. The number of unbranched alkanes of at least 4 members (excludes halogenated alkanes) is 1. The van der Waals surface area contributed by atoms with E-state index in [1.54, 1.807) is 62.6 Å². The van der Waals surface area contributed by atoms with Crippen molar-refractivity contribution in [2.45, 2.75) is 25.8 Å². The van der Waals surface area contributed by atoms with Crippen LogP contribution in [-0.4, -0.2) is 71.9 Å². The van der Waals surface area contributed by atoms with Crippen LogP contribution in [0, 0.1) is 29.0 Å². The Morgan fingerprint density at radius 2 is 1.72 bits per heavy atom. The number of likely N-dealkylation sites (N-methyl/N-ethyl adjacent to an activating group) is 2. The smallest absolute Gasteiger partial charge is 0.246 e. The molecule has 2 aromatic carbocycles. The Balaban J connectivity index is 1.60. The normalized spacial score (nSPS) is 11.3. The summed E-state index contributed by atoms with van der Waals surface area (Å²) in [6, 6.07) is 14.2. The second kappa shape index (κ2) is 16.2. The molecule has 1 atom stereocenters. The molecule has 1 unspecified atom stereocenters. The first-order valence-electron chi connectivity index (χ1n) is 13.7. The van der Waals surface area contributed by atoms with E-state index >= 15 is 0 Å². The highest BCUT2D eigenvalue weighted by atomic mass is 19.1. The molecular formula is C32H35FN8O2. The van der Waals surface area contributed by atoms with Crippen molar-refractivity contribution < 1.29 is 14.0 Å². The summed E-state index contributed by atoms with van der Waals surface area (Å²) in [5.74, 6) is 6.07. The quantitative estimate of drug-likeness (QED) is 0.165. The Hall–Kier alpha value is -5.26. The van der Waals surface area contributed by atoms with Gasteiger partial charge in [-0.2, -0.15) is 10.2 Å². The van der Waals surface area contributed by atoms with Gasteiger partial charge in [-0.3, -0.25) is 9.59 Å².